The molecule has 0 aliphatic rings. The average molecular weight is 199 g/mol. The highest BCUT2D eigenvalue weighted by atomic mass is 15.0. The topological polar surface area (TPSA) is 30.9 Å². The van der Waals surface area contributed by atoms with Crippen molar-refractivity contribution in [2.75, 3.05) is 0 Å². The van der Waals surface area contributed by atoms with Crippen molar-refractivity contribution in [1.82, 2.24) is 4.57 Å². The van der Waals surface area contributed by atoms with Gasteiger partial charge in [0.05, 0.1) is 0 Å². The second-order valence-electron chi connectivity index (χ2n) is 3.72. The molecule has 1 aromatic heterocycles. The van der Waals surface area contributed by atoms with E-state index in [2.05, 4.69) is 48.7 Å². The van der Waals surface area contributed by atoms with Crippen molar-refractivity contribution in [2.45, 2.75) is 20.4 Å². The van der Waals surface area contributed by atoms with Crippen LogP contribution in [0.15, 0.2) is 30.3 Å². The SMILES string of the molecule is Cc1[c]cc(C)n1-c1ccc(CN)cc1. The van der Waals surface area contributed by atoms with E-state index in [9.17, 15) is 0 Å². The Morgan fingerprint density at radius 1 is 1.20 bits per heavy atom. The maximum atomic E-state index is 5.57. The first-order chi connectivity index (χ1) is 7.22. The van der Waals surface area contributed by atoms with E-state index in [0.717, 1.165) is 11.3 Å². The molecule has 0 bridgehead atoms. The molecule has 0 unspecified atom stereocenters. The average Bonchev–Trinajstić information content (AvgIpc) is 2.59. The van der Waals surface area contributed by atoms with Crippen LogP contribution in [0.5, 0.6) is 0 Å². The third kappa shape index (κ3) is 1.81. The van der Waals surface area contributed by atoms with E-state index in [-0.39, 0.29) is 0 Å². The molecule has 0 aliphatic heterocycles. The van der Waals surface area contributed by atoms with Crippen molar-refractivity contribution >= 4 is 0 Å². The molecule has 2 nitrogen and oxygen atoms in total. The van der Waals surface area contributed by atoms with E-state index in [1.807, 2.05) is 6.07 Å². The first-order valence-electron chi connectivity index (χ1n) is 5.08. The predicted molar refractivity (Wildman–Crippen MR) is 62.0 cm³/mol. The summed E-state index contributed by atoms with van der Waals surface area (Å²) in [7, 11) is 0. The summed E-state index contributed by atoms with van der Waals surface area (Å²) in [6.45, 7) is 4.74. The number of benzene rings is 1. The van der Waals surface area contributed by atoms with E-state index in [1.165, 1.54) is 11.4 Å². The van der Waals surface area contributed by atoms with Crippen LogP contribution in [0, 0.1) is 19.9 Å². The van der Waals surface area contributed by atoms with Crippen LogP contribution >= 0.6 is 0 Å². The van der Waals surface area contributed by atoms with Gasteiger partial charge in [0.2, 0.25) is 0 Å². The van der Waals surface area contributed by atoms with Crippen molar-refractivity contribution in [3.05, 3.63) is 53.3 Å². The van der Waals surface area contributed by atoms with E-state index >= 15 is 0 Å². The molecule has 1 aromatic carbocycles. The summed E-state index contributed by atoms with van der Waals surface area (Å²) in [5.41, 5.74) is 10.2. The van der Waals surface area contributed by atoms with Crippen LogP contribution in [-0.4, -0.2) is 4.57 Å². The molecule has 2 aromatic rings. The second kappa shape index (κ2) is 3.91. The highest BCUT2D eigenvalue weighted by Crippen LogP contribution is 2.16. The molecule has 0 spiro atoms. The second-order valence-corrected chi connectivity index (χ2v) is 3.72. The van der Waals surface area contributed by atoms with Crippen LogP contribution in [-0.2, 0) is 6.54 Å². The number of nitrogens with zero attached hydrogens (tertiary/aromatic N) is 1. The number of rotatable bonds is 2. The van der Waals surface area contributed by atoms with Gasteiger partial charge in [-0.3, -0.25) is 0 Å². The molecule has 0 fully saturated rings. The Hall–Kier alpha value is -1.54. The molecule has 15 heavy (non-hydrogen) atoms. The van der Waals surface area contributed by atoms with Crippen molar-refractivity contribution in [1.29, 1.82) is 0 Å². The van der Waals surface area contributed by atoms with Gasteiger partial charge in [-0.05, 0) is 37.6 Å². The Kier molecular flexibility index (Phi) is 2.60. The molecule has 2 rings (SSSR count). The summed E-state index contributed by atoms with van der Waals surface area (Å²) in [4.78, 5) is 0. The highest BCUT2D eigenvalue weighted by Gasteiger charge is 2.03. The van der Waals surface area contributed by atoms with Gasteiger partial charge in [0, 0.05) is 29.7 Å². The van der Waals surface area contributed by atoms with Crippen LogP contribution < -0.4 is 5.73 Å². The summed E-state index contributed by atoms with van der Waals surface area (Å²) in [6.07, 6.45) is 0. The van der Waals surface area contributed by atoms with Gasteiger partial charge in [-0.1, -0.05) is 12.1 Å². The van der Waals surface area contributed by atoms with Crippen molar-refractivity contribution in [3.63, 3.8) is 0 Å². The molecule has 0 atom stereocenters. The maximum Gasteiger partial charge on any atom is 0.0455 e. The third-order valence-electron chi connectivity index (χ3n) is 2.61. The zero-order valence-electron chi connectivity index (χ0n) is 9.12. The molecule has 77 valence electrons. The lowest BCUT2D eigenvalue weighted by molar-refractivity contribution is 0.960. The summed E-state index contributed by atoms with van der Waals surface area (Å²) in [6, 6.07) is 13.5. The van der Waals surface area contributed by atoms with Gasteiger partial charge in [0.15, 0.2) is 0 Å². The Bertz CT molecular complexity index is 432. The zero-order chi connectivity index (χ0) is 10.8. The van der Waals surface area contributed by atoms with Crippen LogP contribution in [0.2, 0.25) is 0 Å². The van der Waals surface area contributed by atoms with Gasteiger partial charge in [-0.2, -0.15) is 0 Å². The normalized spacial score (nSPS) is 10.6. The molecule has 0 saturated heterocycles. The molecular formula is C13H15N2. The molecule has 1 radical (unpaired) electrons. The number of nitrogens with two attached hydrogens (primary N) is 1. The number of aromatic nitrogens is 1. The molecule has 0 saturated carbocycles. The Balaban J connectivity index is 2.45. The Morgan fingerprint density at radius 2 is 1.87 bits per heavy atom. The van der Waals surface area contributed by atoms with Crippen molar-refractivity contribution in [3.8, 4) is 5.69 Å². The molecule has 2 N–H and O–H groups in total. The largest absolute Gasteiger partial charge is 0.326 e. The van der Waals surface area contributed by atoms with Gasteiger partial charge in [-0.15, -0.1) is 0 Å². The van der Waals surface area contributed by atoms with Crippen LogP contribution in [0.4, 0.5) is 0 Å². The minimum atomic E-state index is 0.593. The minimum Gasteiger partial charge on any atom is -0.326 e. The van der Waals surface area contributed by atoms with Crippen LogP contribution in [0.1, 0.15) is 17.0 Å². The highest BCUT2D eigenvalue weighted by molar-refractivity contribution is 5.39. The number of aryl methyl sites for hydroxylation is 2. The van der Waals surface area contributed by atoms with Crippen LogP contribution in [0.3, 0.4) is 0 Å². The van der Waals surface area contributed by atoms with E-state index in [4.69, 9.17) is 5.73 Å². The lowest BCUT2D eigenvalue weighted by Gasteiger charge is -2.09. The quantitative estimate of drug-likeness (QED) is 0.790. The third-order valence-corrected chi connectivity index (χ3v) is 2.61. The van der Waals surface area contributed by atoms with E-state index < -0.39 is 0 Å². The maximum absolute atomic E-state index is 5.57. The first kappa shape index (κ1) is 9.99. The summed E-state index contributed by atoms with van der Waals surface area (Å²) >= 11 is 0. The summed E-state index contributed by atoms with van der Waals surface area (Å²) in [5, 5.41) is 0. The predicted octanol–water partition coefficient (Wildman–Crippen LogP) is 2.35. The molecule has 0 aliphatic carbocycles. The van der Waals surface area contributed by atoms with Crippen LogP contribution in [0.25, 0.3) is 5.69 Å². The van der Waals surface area contributed by atoms with Gasteiger partial charge in [0.25, 0.3) is 0 Å². The standard InChI is InChI=1S/C13H15N2/c1-10-3-4-11(2)15(10)13-7-5-12(9-14)6-8-13/h3,5-8H,9,14H2,1-2H3. The van der Waals surface area contributed by atoms with Gasteiger partial charge in [-0.25, -0.2) is 0 Å². The Labute approximate surface area is 90.3 Å². The lowest BCUT2D eigenvalue weighted by Crippen LogP contribution is -2.00. The Morgan fingerprint density at radius 3 is 2.33 bits per heavy atom. The smallest absolute Gasteiger partial charge is 0.0455 e. The molecule has 1 heterocycles. The summed E-state index contributed by atoms with van der Waals surface area (Å²) in [5.74, 6) is 0. The number of hydrogen-bond acceptors (Lipinski definition) is 1. The number of hydrogen-bond donors (Lipinski definition) is 1. The van der Waals surface area contributed by atoms with E-state index in [1.54, 1.807) is 0 Å². The fraction of sp³-hybridized carbons (Fsp3) is 0.231. The monoisotopic (exact) mass is 199 g/mol. The lowest BCUT2D eigenvalue weighted by atomic mass is 10.2. The minimum absolute atomic E-state index is 0.593. The van der Waals surface area contributed by atoms with E-state index in [0.29, 0.717) is 6.54 Å². The molecule has 0 amide bonds. The van der Waals surface area contributed by atoms with Gasteiger partial charge < -0.3 is 10.3 Å². The van der Waals surface area contributed by atoms with Crippen molar-refractivity contribution < 1.29 is 0 Å². The first-order valence-corrected chi connectivity index (χ1v) is 5.08. The van der Waals surface area contributed by atoms with Gasteiger partial charge in [0.1, 0.15) is 0 Å². The molecule has 2 heteroatoms. The fourth-order valence-corrected chi connectivity index (χ4v) is 1.78. The zero-order valence-corrected chi connectivity index (χ0v) is 9.12. The fourth-order valence-electron chi connectivity index (χ4n) is 1.78. The molecular weight excluding hydrogens is 184 g/mol. The van der Waals surface area contributed by atoms with Crippen molar-refractivity contribution in [2.24, 2.45) is 5.73 Å². The summed E-state index contributed by atoms with van der Waals surface area (Å²) < 4.78 is 2.18. The van der Waals surface area contributed by atoms with Gasteiger partial charge >= 0.3 is 0 Å².